The minimum Gasteiger partial charge on any atom is -0.326 e. The number of carbonyl (C=O) groups excluding carboxylic acids is 1. The molecule has 4 aromatic carbocycles. The summed E-state index contributed by atoms with van der Waals surface area (Å²) in [5.74, 6) is 0.544. The van der Waals surface area contributed by atoms with Gasteiger partial charge in [0.2, 0.25) is 5.91 Å². The number of likely N-dealkylation sites (tertiary alicyclic amines) is 1. The Labute approximate surface area is 237 Å². The number of hydrogen-bond acceptors (Lipinski definition) is 2. The van der Waals surface area contributed by atoms with E-state index in [1.165, 1.54) is 39.0 Å². The molecule has 40 heavy (non-hydrogen) atoms. The lowest BCUT2D eigenvalue weighted by Gasteiger charge is -2.32. The molecule has 1 amide bonds. The normalized spacial score (nSPS) is 14.6. The molecule has 0 atom stereocenters. The minimum atomic E-state index is -0.0273. The summed E-state index contributed by atoms with van der Waals surface area (Å²) in [4.78, 5) is 14.8. The fourth-order valence-corrected chi connectivity index (χ4v) is 6.02. The SMILES string of the molecule is CC(C)C(=O)Nc1cccc(C2CCN(Cc3c(-c4ccccc4)n(-c4ccccc4)c4ccccc34)CC2)c1. The molecule has 0 aliphatic carbocycles. The standard InChI is InChI=1S/C36H37N3O/c1-26(2)36(40)37-30-15-11-14-29(24-30)27-20-22-38(23-21-27)25-33-32-18-9-10-19-34(32)39(31-16-7-4-8-17-31)35(33)28-12-5-3-6-13-28/h3-19,24,26-27H,20-23,25H2,1-2H3,(H,37,40). The van der Waals surface area contributed by atoms with E-state index in [1.807, 2.05) is 19.9 Å². The van der Waals surface area contributed by atoms with Gasteiger partial charge in [-0.25, -0.2) is 0 Å². The van der Waals surface area contributed by atoms with E-state index >= 15 is 0 Å². The predicted molar refractivity (Wildman–Crippen MR) is 166 cm³/mol. The van der Waals surface area contributed by atoms with E-state index in [9.17, 15) is 4.79 Å². The largest absolute Gasteiger partial charge is 0.326 e. The highest BCUT2D eigenvalue weighted by atomic mass is 16.1. The second-order valence-corrected chi connectivity index (χ2v) is 11.2. The Morgan fingerprint density at radius 2 is 1.50 bits per heavy atom. The smallest absolute Gasteiger partial charge is 0.226 e. The van der Waals surface area contributed by atoms with Gasteiger partial charge in [0.05, 0.1) is 11.2 Å². The van der Waals surface area contributed by atoms with Crippen molar-refractivity contribution in [1.82, 2.24) is 9.47 Å². The van der Waals surface area contributed by atoms with E-state index in [0.29, 0.717) is 5.92 Å². The van der Waals surface area contributed by atoms with Gasteiger partial charge in [0.15, 0.2) is 0 Å². The minimum absolute atomic E-state index is 0.0273. The molecule has 5 aromatic rings. The number of para-hydroxylation sites is 2. The van der Waals surface area contributed by atoms with Crippen molar-refractivity contribution < 1.29 is 4.79 Å². The van der Waals surface area contributed by atoms with Gasteiger partial charge in [-0.1, -0.05) is 92.7 Å². The highest BCUT2D eigenvalue weighted by Gasteiger charge is 2.25. The quantitative estimate of drug-likeness (QED) is 0.231. The number of rotatable bonds is 7. The molecule has 1 N–H and O–H groups in total. The Hall–Kier alpha value is -4.15. The molecule has 4 heteroatoms. The van der Waals surface area contributed by atoms with Crippen molar-refractivity contribution >= 4 is 22.5 Å². The van der Waals surface area contributed by atoms with Crippen molar-refractivity contribution in [1.29, 1.82) is 0 Å². The average Bonchev–Trinajstić information content (AvgIpc) is 3.32. The van der Waals surface area contributed by atoms with Gasteiger partial charge in [-0.2, -0.15) is 0 Å². The van der Waals surface area contributed by atoms with Crippen LogP contribution in [0.5, 0.6) is 0 Å². The van der Waals surface area contributed by atoms with Gasteiger partial charge >= 0.3 is 0 Å². The Morgan fingerprint density at radius 1 is 0.825 bits per heavy atom. The van der Waals surface area contributed by atoms with Gasteiger partial charge in [0, 0.05) is 34.8 Å². The molecule has 6 rings (SSSR count). The average molecular weight is 528 g/mol. The first-order valence-corrected chi connectivity index (χ1v) is 14.4. The van der Waals surface area contributed by atoms with Crippen LogP contribution in [0.1, 0.15) is 43.7 Å². The molecule has 1 fully saturated rings. The predicted octanol–water partition coefficient (Wildman–Crippen LogP) is 8.27. The van der Waals surface area contributed by atoms with Gasteiger partial charge in [0.1, 0.15) is 0 Å². The van der Waals surface area contributed by atoms with Crippen molar-refractivity contribution in [3.63, 3.8) is 0 Å². The monoisotopic (exact) mass is 527 g/mol. The van der Waals surface area contributed by atoms with Crippen LogP contribution in [0.15, 0.2) is 109 Å². The molecular weight excluding hydrogens is 490 g/mol. The van der Waals surface area contributed by atoms with Gasteiger partial charge < -0.3 is 9.88 Å². The topological polar surface area (TPSA) is 37.3 Å². The molecule has 202 valence electrons. The Kier molecular flexibility index (Phi) is 7.52. The van der Waals surface area contributed by atoms with Crippen LogP contribution in [0.2, 0.25) is 0 Å². The van der Waals surface area contributed by atoms with Crippen molar-refractivity contribution in [2.45, 2.75) is 39.2 Å². The summed E-state index contributed by atoms with van der Waals surface area (Å²) < 4.78 is 2.43. The number of nitrogens with zero attached hydrogens (tertiary/aromatic N) is 2. The van der Waals surface area contributed by atoms with E-state index in [-0.39, 0.29) is 11.8 Å². The first-order valence-electron chi connectivity index (χ1n) is 14.4. The fourth-order valence-electron chi connectivity index (χ4n) is 6.02. The fraction of sp³-hybridized carbons (Fsp3) is 0.250. The number of piperidine rings is 1. The van der Waals surface area contributed by atoms with Gasteiger partial charge in [-0.3, -0.25) is 9.69 Å². The number of nitrogens with one attached hydrogen (secondary N) is 1. The van der Waals surface area contributed by atoms with Gasteiger partial charge in [-0.05, 0) is 73.3 Å². The maximum atomic E-state index is 12.2. The van der Waals surface area contributed by atoms with Gasteiger partial charge in [0.25, 0.3) is 0 Å². The first kappa shape index (κ1) is 26.1. The van der Waals surface area contributed by atoms with Crippen LogP contribution in [0, 0.1) is 5.92 Å². The zero-order chi connectivity index (χ0) is 27.5. The molecule has 4 nitrogen and oxygen atoms in total. The number of benzene rings is 4. The molecule has 0 saturated carbocycles. The molecular formula is C36H37N3O. The number of amides is 1. The number of aromatic nitrogens is 1. The summed E-state index contributed by atoms with van der Waals surface area (Å²) in [6, 6.07) is 38.8. The summed E-state index contributed by atoms with van der Waals surface area (Å²) in [6.45, 7) is 6.87. The van der Waals surface area contributed by atoms with Crippen LogP contribution in [0.3, 0.4) is 0 Å². The highest BCUT2D eigenvalue weighted by molar-refractivity contribution is 5.94. The zero-order valence-corrected chi connectivity index (χ0v) is 23.4. The Balaban J connectivity index is 1.28. The molecule has 1 aromatic heterocycles. The zero-order valence-electron chi connectivity index (χ0n) is 23.4. The Morgan fingerprint density at radius 3 is 2.23 bits per heavy atom. The first-order chi connectivity index (χ1) is 19.6. The number of fused-ring (bicyclic) bond motifs is 1. The lowest BCUT2D eigenvalue weighted by atomic mass is 9.89. The Bertz CT molecular complexity index is 1600. The van der Waals surface area contributed by atoms with E-state index in [0.717, 1.165) is 38.2 Å². The molecule has 2 heterocycles. The molecule has 0 spiro atoms. The lowest BCUT2D eigenvalue weighted by molar-refractivity contribution is -0.118. The number of anilines is 1. The molecule has 1 aliphatic rings. The maximum Gasteiger partial charge on any atom is 0.226 e. The van der Waals surface area contributed by atoms with Gasteiger partial charge in [-0.15, -0.1) is 0 Å². The van der Waals surface area contributed by atoms with Crippen LogP contribution >= 0.6 is 0 Å². The van der Waals surface area contributed by atoms with Crippen molar-refractivity contribution in [3.8, 4) is 16.9 Å². The van der Waals surface area contributed by atoms with Crippen LogP contribution < -0.4 is 5.32 Å². The number of carbonyl (C=O) groups is 1. The van der Waals surface area contributed by atoms with Crippen LogP contribution in [-0.4, -0.2) is 28.5 Å². The molecule has 0 unspecified atom stereocenters. The number of hydrogen-bond donors (Lipinski definition) is 1. The van der Waals surface area contributed by atoms with Crippen molar-refractivity contribution in [3.05, 3.63) is 120 Å². The molecule has 0 bridgehead atoms. The van der Waals surface area contributed by atoms with Crippen molar-refractivity contribution in [2.24, 2.45) is 5.92 Å². The summed E-state index contributed by atoms with van der Waals surface area (Å²) in [5.41, 5.74) is 8.58. The third-order valence-electron chi connectivity index (χ3n) is 8.16. The van der Waals surface area contributed by atoms with Crippen LogP contribution in [-0.2, 0) is 11.3 Å². The third-order valence-corrected chi connectivity index (χ3v) is 8.16. The van der Waals surface area contributed by atoms with Crippen molar-refractivity contribution in [2.75, 3.05) is 18.4 Å². The second-order valence-electron chi connectivity index (χ2n) is 11.2. The lowest BCUT2D eigenvalue weighted by Crippen LogP contribution is -2.32. The van der Waals surface area contributed by atoms with Crippen LogP contribution in [0.25, 0.3) is 27.8 Å². The van der Waals surface area contributed by atoms with E-state index < -0.39 is 0 Å². The van der Waals surface area contributed by atoms with E-state index in [4.69, 9.17) is 0 Å². The maximum absolute atomic E-state index is 12.2. The molecule has 0 radical (unpaired) electrons. The summed E-state index contributed by atoms with van der Waals surface area (Å²) in [7, 11) is 0. The highest BCUT2D eigenvalue weighted by Crippen LogP contribution is 2.38. The molecule has 1 saturated heterocycles. The summed E-state index contributed by atoms with van der Waals surface area (Å²) in [5, 5.41) is 4.39. The molecule has 1 aliphatic heterocycles. The van der Waals surface area contributed by atoms with Crippen LogP contribution in [0.4, 0.5) is 5.69 Å². The second kappa shape index (κ2) is 11.5. The van der Waals surface area contributed by atoms with E-state index in [1.54, 1.807) is 0 Å². The summed E-state index contributed by atoms with van der Waals surface area (Å²) in [6.07, 6.45) is 2.22. The van der Waals surface area contributed by atoms with E-state index in [2.05, 4.69) is 118 Å². The summed E-state index contributed by atoms with van der Waals surface area (Å²) >= 11 is 0. The third kappa shape index (κ3) is 5.32.